The number of nitrogens with zero attached hydrogens (tertiary/aromatic N) is 1. The number of pyridine rings is 1. The van der Waals surface area contributed by atoms with Crippen LogP contribution in [0.15, 0.2) is 41.8 Å². The van der Waals surface area contributed by atoms with Gasteiger partial charge in [0.25, 0.3) is 0 Å². The summed E-state index contributed by atoms with van der Waals surface area (Å²) in [5.41, 5.74) is 3.04. The molecule has 2 heterocycles. The Kier molecular flexibility index (Phi) is 3.11. The van der Waals surface area contributed by atoms with Gasteiger partial charge in [-0.2, -0.15) is 0 Å². The van der Waals surface area contributed by atoms with Gasteiger partial charge in [0, 0.05) is 16.0 Å². The van der Waals surface area contributed by atoms with Crippen molar-refractivity contribution in [1.29, 1.82) is 0 Å². The Hall–Kier alpha value is -1.71. The molecule has 0 saturated heterocycles. The van der Waals surface area contributed by atoms with Crippen molar-refractivity contribution in [3.05, 3.63) is 63.5 Å². The van der Waals surface area contributed by atoms with E-state index < -0.39 is 5.60 Å². The van der Waals surface area contributed by atoms with Crippen LogP contribution < -0.4 is 0 Å². The predicted molar refractivity (Wildman–Crippen MR) is 84.2 cm³/mol. The molecule has 0 bridgehead atoms. The summed E-state index contributed by atoms with van der Waals surface area (Å²) < 4.78 is 0. The average molecular weight is 283 g/mol. The first-order chi connectivity index (χ1) is 9.48. The van der Waals surface area contributed by atoms with Gasteiger partial charge in [-0.15, -0.1) is 11.3 Å². The van der Waals surface area contributed by atoms with E-state index >= 15 is 0 Å². The summed E-state index contributed by atoms with van der Waals surface area (Å²) in [5, 5.41) is 14.0. The highest BCUT2D eigenvalue weighted by atomic mass is 32.1. The molecule has 0 aliphatic carbocycles. The number of aromatic nitrogens is 1. The molecule has 0 aliphatic heterocycles. The van der Waals surface area contributed by atoms with E-state index in [2.05, 4.69) is 11.1 Å². The molecule has 2 aromatic heterocycles. The van der Waals surface area contributed by atoms with Crippen LogP contribution in [0.3, 0.4) is 0 Å². The fourth-order valence-corrected chi connectivity index (χ4v) is 3.54. The third-order valence-electron chi connectivity index (χ3n) is 3.69. The second-order valence-electron chi connectivity index (χ2n) is 5.37. The zero-order valence-corrected chi connectivity index (χ0v) is 12.7. The number of aryl methyl sites for hydroxylation is 2. The summed E-state index contributed by atoms with van der Waals surface area (Å²) in [4.78, 5) is 5.50. The Morgan fingerprint density at radius 3 is 2.60 bits per heavy atom. The Morgan fingerprint density at radius 2 is 1.90 bits per heavy atom. The lowest BCUT2D eigenvalue weighted by Crippen LogP contribution is -2.22. The quantitative estimate of drug-likeness (QED) is 0.765. The van der Waals surface area contributed by atoms with Crippen molar-refractivity contribution in [3.63, 3.8) is 0 Å². The van der Waals surface area contributed by atoms with Crippen LogP contribution >= 0.6 is 11.3 Å². The molecular formula is C17H17NOS. The first kappa shape index (κ1) is 13.3. The van der Waals surface area contributed by atoms with E-state index in [0.29, 0.717) is 0 Å². The molecule has 0 spiro atoms. The van der Waals surface area contributed by atoms with E-state index in [0.717, 1.165) is 32.6 Å². The van der Waals surface area contributed by atoms with Crippen LogP contribution in [0.25, 0.3) is 10.9 Å². The maximum atomic E-state index is 10.9. The number of benzene rings is 1. The standard InChI is InChI=1S/C17H17NOS/c1-11-8-9-20-16(11)17(3,19)14-6-7-15-13(10-14)5-4-12(2)18-15/h4-10,19H,1-3H3. The summed E-state index contributed by atoms with van der Waals surface area (Å²) in [6.45, 7) is 5.87. The second-order valence-corrected chi connectivity index (χ2v) is 6.28. The third kappa shape index (κ3) is 2.13. The van der Waals surface area contributed by atoms with E-state index in [1.807, 2.05) is 56.5 Å². The van der Waals surface area contributed by atoms with Crippen molar-refractivity contribution in [2.24, 2.45) is 0 Å². The van der Waals surface area contributed by atoms with Crippen LogP contribution in [0.4, 0.5) is 0 Å². The van der Waals surface area contributed by atoms with Crippen molar-refractivity contribution >= 4 is 22.2 Å². The van der Waals surface area contributed by atoms with E-state index in [1.165, 1.54) is 0 Å². The second kappa shape index (κ2) is 4.69. The van der Waals surface area contributed by atoms with Crippen molar-refractivity contribution in [2.45, 2.75) is 26.4 Å². The zero-order chi connectivity index (χ0) is 14.3. The Labute approximate surface area is 122 Å². The molecule has 0 saturated carbocycles. The lowest BCUT2D eigenvalue weighted by Gasteiger charge is -2.24. The van der Waals surface area contributed by atoms with Crippen LogP contribution in [0.5, 0.6) is 0 Å². The lowest BCUT2D eigenvalue weighted by atomic mass is 9.91. The summed E-state index contributed by atoms with van der Waals surface area (Å²) in [6, 6.07) is 12.1. The van der Waals surface area contributed by atoms with E-state index in [1.54, 1.807) is 11.3 Å². The minimum absolute atomic E-state index is 0.904. The van der Waals surface area contributed by atoms with Gasteiger partial charge in [-0.1, -0.05) is 12.1 Å². The Balaban J connectivity index is 2.14. The molecule has 3 heteroatoms. The van der Waals surface area contributed by atoms with Crippen molar-refractivity contribution in [3.8, 4) is 0 Å². The molecule has 102 valence electrons. The molecule has 0 fully saturated rings. The normalized spacial score (nSPS) is 14.4. The van der Waals surface area contributed by atoms with Crippen LogP contribution in [0, 0.1) is 13.8 Å². The number of hydrogen-bond acceptors (Lipinski definition) is 3. The maximum Gasteiger partial charge on any atom is 0.121 e. The monoisotopic (exact) mass is 283 g/mol. The average Bonchev–Trinajstić information content (AvgIpc) is 2.85. The molecule has 2 nitrogen and oxygen atoms in total. The van der Waals surface area contributed by atoms with Gasteiger partial charge in [0.05, 0.1) is 5.52 Å². The first-order valence-electron chi connectivity index (χ1n) is 6.63. The highest BCUT2D eigenvalue weighted by Crippen LogP contribution is 2.35. The van der Waals surface area contributed by atoms with Gasteiger partial charge in [0.15, 0.2) is 0 Å². The summed E-state index contributed by atoms with van der Waals surface area (Å²) in [6.07, 6.45) is 0. The lowest BCUT2D eigenvalue weighted by molar-refractivity contribution is 0.106. The van der Waals surface area contributed by atoms with Crippen molar-refractivity contribution < 1.29 is 5.11 Å². The summed E-state index contributed by atoms with van der Waals surface area (Å²) >= 11 is 1.59. The molecular weight excluding hydrogens is 266 g/mol. The molecule has 3 aromatic rings. The highest BCUT2D eigenvalue weighted by Gasteiger charge is 2.28. The highest BCUT2D eigenvalue weighted by molar-refractivity contribution is 7.10. The molecule has 1 aromatic carbocycles. The van der Waals surface area contributed by atoms with Crippen LogP contribution in [-0.2, 0) is 5.60 Å². The van der Waals surface area contributed by atoms with E-state index in [4.69, 9.17) is 0 Å². The SMILES string of the molecule is Cc1ccc2cc(C(C)(O)c3sccc3C)ccc2n1. The molecule has 0 aliphatic rings. The third-order valence-corrected chi connectivity index (χ3v) is 4.92. The fourth-order valence-electron chi connectivity index (χ4n) is 2.53. The Bertz CT molecular complexity index is 774. The van der Waals surface area contributed by atoms with Crippen molar-refractivity contribution in [1.82, 2.24) is 4.98 Å². The van der Waals surface area contributed by atoms with Gasteiger partial charge in [0.2, 0.25) is 0 Å². The molecule has 1 atom stereocenters. The zero-order valence-electron chi connectivity index (χ0n) is 11.8. The van der Waals surface area contributed by atoms with Crippen LogP contribution in [0.1, 0.15) is 28.6 Å². The first-order valence-corrected chi connectivity index (χ1v) is 7.51. The van der Waals surface area contributed by atoms with Crippen LogP contribution in [0.2, 0.25) is 0 Å². The summed E-state index contributed by atoms with van der Waals surface area (Å²) in [7, 11) is 0. The molecule has 1 unspecified atom stereocenters. The number of thiophene rings is 1. The number of rotatable bonds is 2. The molecule has 3 rings (SSSR count). The van der Waals surface area contributed by atoms with E-state index in [9.17, 15) is 5.11 Å². The van der Waals surface area contributed by atoms with Gasteiger partial charge in [-0.25, -0.2) is 0 Å². The number of aliphatic hydroxyl groups is 1. The van der Waals surface area contributed by atoms with Gasteiger partial charge in [0.1, 0.15) is 5.60 Å². The minimum Gasteiger partial charge on any atom is -0.380 e. The number of hydrogen-bond donors (Lipinski definition) is 1. The Morgan fingerprint density at radius 1 is 1.10 bits per heavy atom. The van der Waals surface area contributed by atoms with Crippen molar-refractivity contribution in [2.75, 3.05) is 0 Å². The predicted octanol–water partition coefficient (Wildman–Crippen LogP) is 4.17. The molecule has 1 N–H and O–H groups in total. The van der Waals surface area contributed by atoms with Gasteiger partial charge in [-0.05, 0) is 61.5 Å². The maximum absolute atomic E-state index is 10.9. The van der Waals surface area contributed by atoms with Gasteiger partial charge >= 0.3 is 0 Å². The molecule has 0 amide bonds. The van der Waals surface area contributed by atoms with Gasteiger partial charge < -0.3 is 5.11 Å². The smallest absolute Gasteiger partial charge is 0.121 e. The summed E-state index contributed by atoms with van der Waals surface area (Å²) in [5.74, 6) is 0. The van der Waals surface area contributed by atoms with Crippen LogP contribution in [-0.4, -0.2) is 10.1 Å². The fraction of sp³-hybridized carbons (Fsp3) is 0.235. The molecule has 20 heavy (non-hydrogen) atoms. The minimum atomic E-state index is -0.961. The molecule has 0 radical (unpaired) electrons. The largest absolute Gasteiger partial charge is 0.380 e. The topological polar surface area (TPSA) is 33.1 Å². The van der Waals surface area contributed by atoms with Gasteiger partial charge in [-0.3, -0.25) is 4.98 Å². The van der Waals surface area contributed by atoms with E-state index in [-0.39, 0.29) is 0 Å². The number of fused-ring (bicyclic) bond motifs is 1.